The lowest BCUT2D eigenvalue weighted by Gasteiger charge is -2.30. The highest BCUT2D eigenvalue weighted by Crippen LogP contribution is 2.27. The topological polar surface area (TPSA) is 66.5 Å². The summed E-state index contributed by atoms with van der Waals surface area (Å²) in [5.74, 6) is -1.02. The Labute approximate surface area is 165 Å². The molecule has 5 nitrogen and oxygen atoms in total. The molecule has 0 aliphatic heterocycles. The van der Waals surface area contributed by atoms with Crippen LogP contribution in [0, 0.1) is 5.82 Å². The summed E-state index contributed by atoms with van der Waals surface area (Å²) in [7, 11) is -3.77. The zero-order valence-electron chi connectivity index (χ0n) is 15.7. The zero-order chi connectivity index (χ0) is 20.0. The molecule has 0 fully saturated rings. The first-order valence-electron chi connectivity index (χ1n) is 9.14. The van der Waals surface area contributed by atoms with E-state index < -0.39 is 21.9 Å². The lowest BCUT2D eigenvalue weighted by molar-refractivity contribution is -0.122. The highest BCUT2D eigenvalue weighted by atomic mass is 35.5. The van der Waals surface area contributed by atoms with Gasteiger partial charge < -0.3 is 5.32 Å². The largest absolute Gasteiger partial charge is 0.354 e. The number of hydrogen-bond acceptors (Lipinski definition) is 3. The molecule has 27 heavy (non-hydrogen) atoms. The van der Waals surface area contributed by atoms with Crippen LogP contribution in [-0.4, -0.2) is 33.2 Å². The molecule has 0 saturated carbocycles. The van der Waals surface area contributed by atoms with Crippen molar-refractivity contribution in [1.29, 1.82) is 0 Å². The minimum Gasteiger partial charge on any atom is -0.354 e. The third kappa shape index (κ3) is 5.94. The Morgan fingerprint density at radius 3 is 2.67 bits per heavy atom. The zero-order valence-corrected chi connectivity index (χ0v) is 17.2. The van der Waals surface area contributed by atoms with Crippen LogP contribution in [0.1, 0.15) is 45.4 Å². The summed E-state index contributed by atoms with van der Waals surface area (Å²) in [6.45, 7) is 2.19. The fourth-order valence-electron chi connectivity index (χ4n) is 3.28. The van der Waals surface area contributed by atoms with Gasteiger partial charge in [-0.25, -0.2) is 12.8 Å². The summed E-state index contributed by atoms with van der Waals surface area (Å²) in [6.07, 6.45) is 8.79. The predicted octanol–water partition coefficient (Wildman–Crippen LogP) is 4.03. The molecule has 1 aromatic carbocycles. The lowest BCUT2D eigenvalue weighted by Crippen LogP contribution is -2.49. The van der Waals surface area contributed by atoms with E-state index in [1.165, 1.54) is 30.5 Å². The van der Waals surface area contributed by atoms with Crippen LogP contribution < -0.4 is 9.62 Å². The molecule has 1 unspecified atom stereocenters. The second-order valence-corrected chi connectivity index (χ2v) is 9.00. The third-order valence-electron chi connectivity index (χ3n) is 4.62. The van der Waals surface area contributed by atoms with Crippen molar-refractivity contribution >= 4 is 33.2 Å². The van der Waals surface area contributed by atoms with Gasteiger partial charge in [-0.2, -0.15) is 0 Å². The monoisotopic (exact) mass is 416 g/mol. The molecule has 8 heteroatoms. The van der Waals surface area contributed by atoms with Crippen molar-refractivity contribution in [1.82, 2.24) is 5.32 Å². The molecule has 1 aliphatic rings. The minimum atomic E-state index is -3.77. The smallest absolute Gasteiger partial charge is 0.243 e. The second-order valence-electron chi connectivity index (χ2n) is 6.73. The minimum absolute atomic E-state index is 0.167. The maximum Gasteiger partial charge on any atom is 0.243 e. The number of sulfonamides is 1. The lowest BCUT2D eigenvalue weighted by atomic mass is 9.97. The summed E-state index contributed by atoms with van der Waals surface area (Å²) in [4.78, 5) is 12.7. The first-order chi connectivity index (χ1) is 12.7. The van der Waals surface area contributed by atoms with Gasteiger partial charge in [0.25, 0.3) is 0 Å². The van der Waals surface area contributed by atoms with Crippen molar-refractivity contribution < 1.29 is 17.6 Å². The van der Waals surface area contributed by atoms with Crippen molar-refractivity contribution in [2.24, 2.45) is 0 Å². The van der Waals surface area contributed by atoms with Gasteiger partial charge in [-0.3, -0.25) is 9.10 Å². The number of rotatable bonds is 8. The molecule has 0 aromatic heterocycles. The average Bonchev–Trinajstić information content (AvgIpc) is 2.62. The number of anilines is 1. The number of carbonyl (C=O) groups is 1. The summed E-state index contributed by atoms with van der Waals surface area (Å²) in [6, 6.07) is 2.70. The van der Waals surface area contributed by atoms with Crippen LogP contribution in [0.4, 0.5) is 10.1 Å². The Hall–Kier alpha value is -1.60. The van der Waals surface area contributed by atoms with Crippen molar-refractivity contribution in [3.05, 3.63) is 40.7 Å². The molecule has 0 heterocycles. The summed E-state index contributed by atoms with van der Waals surface area (Å²) < 4.78 is 39.2. The quantitative estimate of drug-likeness (QED) is 0.650. The Bertz CT molecular complexity index is 811. The van der Waals surface area contributed by atoms with Crippen LogP contribution in [0.3, 0.4) is 0 Å². The van der Waals surface area contributed by atoms with Crippen LogP contribution in [0.2, 0.25) is 5.02 Å². The van der Waals surface area contributed by atoms with Crippen molar-refractivity contribution in [3.63, 3.8) is 0 Å². The van der Waals surface area contributed by atoms with E-state index in [1.807, 2.05) is 0 Å². The van der Waals surface area contributed by atoms with E-state index in [2.05, 4.69) is 11.4 Å². The molecule has 1 aliphatic carbocycles. The summed E-state index contributed by atoms with van der Waals surface area (Å²) >= 11 is 5.80. The molecule has 0 radical (unpaired) electrons. The molecule has 150 valence electrons. The molecular weight excluding hydrogens is 391 g/mol. The molecule has 1 atom stereocenters. The maximum absolute atomic E-state index is 13.5. The number of halogens is 2. The van der Waals surface area contributed by atoms with E-state index >= 15 is 0 Å². The van der Waals surface area contributed by atoms with Gasteiger partial charge in [0.2, 0.25) is 15.9 Å². The average molecular weight is 417 g/mol. The van der Waals surface area contributed by atoms with E-state index in [4.69, 9.17) is 11.6 Å². The normalized spacial score (nSPS) is 15.8. The Balaban J connectivity index is 2.15. The number of nitrogens with one attached hydrogen (secondary N) is 1. The Kier molecular flexibility index (Phi) is 7.68. The molecule has 1 aromatic rings. The van der Waals surface area contributed by atoms with Gasteiger partial charge in [-0.15, -0.1) is 0 Å². The van der Waals surface area contributed by atoms with E-state index in [0.717, 1.165) is 35.9 Å². The molecule has 0 bridgehead atoms. The van der Waals surface area contributed by atoms with Gasteiger partial charge in [0, 0.05) is 6.54 Å². The number of amides is 1. The van der Waals surface area contributed by atoms with Crippen molar-refractivity contribution in [3.8, 4) is 0 Å². The molecular formula is C19H26ClFN2O3S. The maximum atomic E-state index is 13.5. The van der Waals surface area contributed by atoms with Crippen molar-refractivity contribution in [2.75, 3.05) is 17.1 Å². The van der Waals surface area contributed by atoms with Crippen LogP contribution in [0.5, 0.6) is 0 Å². The van der Waals surface area contributed by atoms with Gasteiger partial charge in [0.1, 0.15) is 11.9 Å². The van der Waals surface area contributed by atoms with Gasteiger partial charge in [0.15, 0.2) is 0 Å². The first kappa shape index (κ1) is 21.7. The Morgan fingerprint density at radius 1 is 1.37 bits per heavy atom. The molecule has 0 saturated heterocycles. The number of allylic oxidation sites excluding steroid dienone is 1. The summed E-state index contributed by atoms with van der Waals surface area (Å²) in [5, 5.41) is 2.64. The highest BCUT2D eigenvalue weighted by Gasteiger charge is 2.31. The van der Waals surface area contributed by atoms with Crippen molar-refractivity contribution in [2.45, 2.75) is 51.5 Å². The SMILES string of the molecule is CCC(C(=O)NCCC1=CCCCC1)N(c1ccc(F)c(Cl)c1)S(C)(=O)=O. The van der Waals surface area contributed by atoms with Crippen LogP contribution >= 0.6 is 11.6 Å². The predicted molar refractivity (Wildman–Crippen MR) is 107 cm³/mol. The first-order valence-corrected chi connectivity index (χ1v) is 11.4. The van der Waals surface area contributed by atoms with Gasteiger partial charge >= 0.3 is 0 Å². The molecule has 1 N–H and O–H groups in total. The van der Waals surface area contributed by atoms with Gasteiger partial charge in [0.05, 0.1) is 17.0 Å². The highest BCUT2D eigenvalue weighted by molar-refractivity contribution is 7.92. The van der Waals surface area contributed by atoms with E-state index in [9.17, 15) is 17.6 Å². The van der Waals surface area contributed by atoms with Gasteiger partial charge in [-0.05, 0) is 56.7 Å². The number of carbonyl (C=O) groups excluding carboxylic acids is 1. The molecule has 0 spiro atoms. The standard InChI is InChI=1S/C19H26ClFN2O3S/c1-3-18(19(24)22-12-11-14-7-5-4-6-8-14)23(27(2,25)26)15-9-10-17(21)16(20)13-15/h7,9-10,13,18H,3-6,8,11-12H2,1-2H3,(H,22,24). The van der Waals surface area contributed by atoms with E-state index in [-0.39, 0.29) is 23.0 Å². The molecule has 2 rings (SSSR count). The van der Waals surface area contributed by atoms with Crippen LogP contribution in [-0.2, 0) is 14.8 Å². The van der Waals surface area contributed by atoms with E-state index in [0.29, 0.717) is 6.54 Å². The Morgan fingerprint density at radius 2 is 2.11 bits per heavy atom. The van der Waals surface area contributed by atoms with Crippen LogP contribution in [0.25, 0.3) is 0 Å². The number of nitrogens with zero attached hydrogens (tertiary/aromatic N) is 1. The fourth-order valence-corrected chi connectivity index (χ4v) is 4.66. The van der Waals surface area contributed by atoms with E-state index in [1.54, 1.807) is 6.92 Å². The fraction of sp³-hybridized carbons (Fsp3) is 0.526. The number of benzene rings is 1. The van der Waals surface area contributed by atoms with Gasteiger partial charge in [-0.1, -0.05) is 30.2 Å². The number of hydrogen-bond donors (Lipinski definition) is 1. The third-order valence-corrected chi connectivity index (χ3v) is 6.09. The summed E-state index contributed by atoms with van der Waals surface area (Å²) in [5.41, 5.74) is 1.50. The second kappa shape index (κ2) is 9.55. The molecule has 1 amide bonds. The van der Waals surface area contributed by atoms with Crippen LogP contribution in [0.15, 0.2) is 29.8 Å².